The van der Waals surface area contributed by atoms with Gasteiger partial charge in [0.15, 0.2) is 0 Å². The molecule has 1 heterocycles. The summed E-state index contributed by atoms with van der Waals surface area (Å²) in [5.41, 5.74) is 2.15. The molecule has 0 saturated carbocycles. The SMILES string of the molecule is CC.[B]C1([B])OC(COCc2ccccc2)CN(Cc2ccccc2)C1([B])[B]. The van der Waals surface area contributed by atoms with Gasteiger partial charge in [-0.3, -0.25) is 0 Å². The first-order chi connectivity index (χ1) is 13.4. The summed E-state index contributed by atoms with van der Waals surface area (Å²) in [7, 11) is 24.6. The Morgan fingerprint density at radius 1 is 0.929 bits per heavy atom. The Kier molecular flexibility index (Phi) is 8.48. The second-order valence-electron chi connectivity index (χ2n) is 6.73. The minimum absolute atomic E-state index is 0.336. The van der Waals surface area contributed by atoms with Crippen molar-refractivity contribution in [2.24, 2.45) is 0 Å². The fraction of sp³-hybridized carbons (Fsp3) is 0.429. The van der Waals surface area contributed by atoms with Gasteiger partial charge in [-0.25, -0.2) is 0 Å². The highest BCUT2D eigenvalue weighted by Gasteiger charge is 2.46. The zero-order valence-corrected chi connectivity index (χ0v) is 16.8. The number of hydrogen-bond acceptors (Lipinski definition) is 3. The molecule has 2 aromatic rings. The summed E-state index contributed by atoms with van der Waals surface area (Å²) in [6, 6.07) is 19.8. The van der Waals surface area contributed by atoms with Crippen LogP contribution in [-0.4, -0.2) is 66.3 Å². The molecule has 28 heavy (non-hydrogen) atoms. The van der Waals surface area contributed by atoms with Gasteiger partial charge < -0.3 is 14.4 Å². The molecule has 0 N–H and O–H groups in total. The highest BCUT2D eigenvalue weighted by atomic mass is 16.5. The highest BCUT2D eigenvalue weighted by molar-refractivity contribution is 6.53. The molecule has 0 bridgehead atoms. The fourth-order valence-electron chi connectivity index (χ4n) is 3.02. The number of nitrogens with zero attached hydrogens (tertiary/aromatic N) is 1. The second kappa shape index (κ2) is 10.4. The second-order valence-corrected chi connectivity index (χ2v) is 6.73. The third-order valence-electron chi connectivity index (χ3n) is 4.57. The van der Waals surface area contributed by atoms with Crippen LogP contribution in [0.4, 0.5) is 0 Å². The van der Waals surface area contributed by atoms with E-state index in [0.29, 0.717) is 26.3 Å². The Morgan fingerprint density at radius 2 is 1.46 bits per heavy atom. The van der Waals surface area contributed by atoms with Gasteiger partial charge in [-0.15, -0.1) is 0 Å². The van der Waals surface area contributed by atoms with Crippen LogP contribution in [0.5, 0.6) is 0 Å². The van der Waals surface area contributed by atoms with Crippen molar-refractivity contribution in [3.05, 3.63) is 71.8 Å². The van der Waals surface area contributed by atoms with E-state index in [1.807, 2.05) is 79.4 Å². The molecule has 7 heteroatoms. The van der Waals surface area contributed by atoms with E-state index in [1.54, 1.807) is 0 Å². The van der Waals surface area contributed by atoms with Crippen LogP contribution in [-0.2, 0) is 22.6 Å². The van der Waals surface area contributed by atoms with E-state index in [0.717, 1.165) is 11.1 Å². The monoisotopic (exact) mass is 367 g/mol. The van der Waals surface area contributed by atoms with Crippen molar-refractivity contribution >= 4 is 31.4 Å². The predicted molar refractivity (Wildman–Crippen MR) is 118 cm³/mol. The van der Waals surface area contributed by atoms with E-state index in [2.05, 4.69) is 0 Å². The summed E-state index contributed by atoms with van der Waals surface area (Å²) in [5, 5.41) is -3.19. The first kappa shape index (κ1) is 22.9. The first-order valence-electron chi connectivity index (χ1n) is 9.62. The number of morpholine rings is 1. The van der Waals surface area contributed by atoms with Crippen LogP contribution in [0.1, 0.15) is 25.0 Å². The standard InChI is InChI=1S/C19H19B4NO2.C2H6/c20-18(21)19(22,23)26-17(14-25-13-16-9-5-2-6-10-16)12-24(18)11-15-7-3-1-4-8-15;1-2/h1-10,17H,11-14H2;1-2H3. The first-order valence-corrected chi connectivity index (χ1v) is 9.62. The highest BCUT2D eigenvalue weighted by Crippen LogP contribution is 2.30. The molecule has 1 atom stereocenters. The Hall–Kier alpha value is -1.42. The fourth-order valence-corrected chi connectivity index (χ4v) is 3.02. The van der Waals surface area contributed by atoms with Crippen LogP contribution >= 0.6 is 0 Å². The molecule has 0 aromatic heterocycles. The molecule has 1 saturated heterocycles. The lowest BCUT2D eigenvalue weighted by atomic mass is 9.38. The van der Waals surface area contributed by atoms with Crippen LogP contribution < -0.4 is 0 Å². The van der Waals surface area contributed by atoms with Gasteiger partial charge in [0.05, 0.1) is 50.7 Å². The number of benzene rings is 2. The lowest BCUT2D eigenvalue weighted by Crippen LogP contribution is -2.73. The summed E-state index contributed by atoms with van der Waals surface area (Å²) < 4.78 is 11.5. The summed E-state index contributed by atoms with van der Waals surface area (Å²) in [4.78, 5) is 1.84. The summed E-state index contributed by atoms with van der Waals surface area (Å²) >= 11 is 0. The zero-order chi connectivity index (χ0) is 20.6. The molecule has 0 amide bonds. The topological polar surface area (TPSA) is 21.7 Å². The van der Waals surface area contributed by atoms with E-state index in [9.17, 15) is 0 Å². The van der Waals surface area contributed by atoms with Crippen molar-refractivity contribution in [3.8, 4) is 0 Å². The molecule has 2 aromatic carbocycles. The molecule has 1 aliphatic rings. The zero-order valence-electron chi connectivity index (χ0n) is 16.8. The maximum absolute atomic E-state index is 6.22. The van der Waals surface area contributed by atoms with Crippen LogP contribution in [0.2, 0.25) is 0 Å². The Bertz CT molecular complexity index is 698. The third kappa shape index (κ3) is 5.79. The van der Waals surface area contributed by atoms with Crippen molar-refractivity contribution in [2.75, 3.05) is 13.2 Å². The van der Waals surface area contributed by atoms with Crippen molar-refractivity contribution < 1.29 is 9.47 Å². The quantitative estimate of drug-likeness (QED) is 0.731. The van der Waals surface area contributed by atoms with Gasteiger partial charge in [0.1, 0.15) is 0 Å². The van der Waals surface area contributed by atoms with E-state index >= 15 is 0 Å². The van der Waals surface area contributed by atoms with E-state index in [1.165, 1.54) is 0 Å². The van der Waals surface area contributed by atoms with Gasteiger partial charge in [0.2, 0.25) is 0 Å². The minimum Gasteiger partial charge on any atom is -0.387 e. The average molecular weight is 367 g/mol. The van der Waals surface area contributed by atoms with Crippen molar-refractivity contribution in [3.63, 3.8) is 0 Å². The maximum Gasteiger partial charge on any atom is 0.0997 e. The van der Waals surface area contributed by atoms with E-state index < -0.39 is 10.7 Å². The molecule has 0 aliphatic carbocycles. The van der Waals surface area contributed by atoms with Gasteiger partial charge in [0.25, 0.3) is 0 Å². The van der Waals surface area contributed by atoms with E-state index in [-0.39, 0.29) is 6.10 Å². The van der Waals surface area contributed by atoms with Crippen LogP contribution in [0, 0.1) is 0 Å². The molecule has 1 fully saturated rings. The smallest absolute Gasteiger partial charge is 0.0997 e. The Balaban J connectivity index is 0.00000136. The van der Waals surface area contributed by atoms with Gasteiger partial charge in [-0.1, -0.05) is 74.5 Å². The number of ether oxygens (including phenoxy) is 2. The van der Waals surface area contributed by atoms with Gasteiger partial charge in [-0.05, 0) is 21.9 Å². The molecule has 1 aliphatic heterocycles. The van der Waals surface area contributed by atoms with Crippen LogP contribution in [0.25, 0.3) is 0 Å². The van der Waals surface area contributed by atoms with Crippen LogP contribution in [0.15, 0.2) is 60.7 Å². The van der Waals surface area contributed by atoms with Crippen LogP contribution in [0.3, 0.4) is 0 Å². The lowest BCUT2D eigenvalue weighted by molar-refractivity contribution is -0.127. The third-order valence-corrected chi connectivity index (χ3v) is 4.57. The molecule has 138 valence electrons. The Morgan fingerprint density at radius 3 is 2.04 bits per heavy atom. The summed E-state index contributed by atoms with van der Waals surface area (Å²) in [6.45, 7) is 5.81. The normalized spacial score (nSPS) is 20.7. The largest absolute Gasteiger partial charge is 0.387 e. The Labute approximate surface area is 174 Å². The van der Waals surface area contributed by atoms with Crippen molar-refractivity contribution in [2.45, 2.75) is 43.8 Å². The molecule has 0 spiro atoms. The summed E-state index contributed by atoms with van der Waals surface area (Å²) in [5.74, 6) is 0. The van der Waals surface area contributed by atoms with Crippen molar-refractivity contribution in [1.82, 2.24) is 4.90 Å². The molecule has 3 nitrogen and oxygen atoms in total. The molecular weight excluding hydrogens is 341 g/mol. The molecular formula is C21H25B4NO2. The van der Waals surface area contributed by atoms with E-state index in [4.69, 9.17) is 40.9 Å². The van der Waals surface area contributed by atoms with Gasteiger partial charge in [0, 0.05) is 13.1 Å². The molecule has 1 unspecified atom stereocenters. The number of hydrogen-bond donors (Lipinski definition) is 0. The lowest BCUT2D eigenvalue weighted by Gasteiger charge is -2.58. The van der Waals surface area contributed by atoms with Gasteiger partial charge >= 0.3 is 0 Å². The maximum atomic E-state index is 6.22. The summed E-state index contributed by atoms with van der Waals surface area (Å²) in [6.07, 6.45) is -0.336. The molecule has 3 rings (SSSR count). The number of rotatable bonds is 6. The van der Waals surface area contributed by atoms with Crippen molar-refractivity contribution in [1.29, 1.82) is 0 Å². The minimum atomic E-state index is -1.69. The average Bonchev–Trinajstić information content (AvgIpc) is 2.69. The molecule has 8 radical (unpaired) electrons. The predicted octanol–water partition coefficient (Wildman–Crippen LogP) is 2.11. The van der Waals surface area contributed by atoms with Gasteiger partial charge in [-0.2, -0.15) is 0 Å².